The van der Waals surface area contributed by atoms with Gasteiger partial charge in [-0.2, -0.15) is 0 Å². The van der Waals surface area contributed by atoms with Crippen LogP contribution in [0.15, 0.2) is 12.1 Å². The van der Waals surface area contributed by atoms with Crippen LogP contribution in [0.4, 0.5) is 11.4 Å². The summed E-state index contributed by atoms with van der Waals surface area (Å²) in [4.78, 5) is 11.8. The van der Waals surface area contributed by atoms with Gasteiger partial charge in [-0.1, -0.05) is 23.2 Å². The number of hydrogen-bond donors (Lipinski definition) is 2. The summed E-state index contributed by atoms with van der Waals surface area (Å²) < 4.78 is 23.3. The molecule has 0 heterocycles. The third-order valence-corrected chi connectivity index (χ3v) is 5.77. The van der Waals surface area contributed by atoms with Crippen LogP contribution in [0.2, 0.25) is 10.0 Å². The monoisotopic (exact) mass is 352 g/mol. The number of rotatable bonds is 6. The summed E-state index contributed by atoms with van der Waals surface area (Å²) >= 11 is 11.9. The topological polar surface area (TPSA) is 89.3 Å². The van der Waals surface area contributed by atoms with Crippen molar-refractivity contribution in [2.45, 2.75) is 31.9 Å². The van der Waals surface area contributed by atoms with Gasteiger partial charge < -0.3 is 11.1 Å². The van der Waals surface area contributed by atoms with Crippen molar-refractivity contribution >= 4 is 50.3 Å². The fourth-order valence-electron chi connectivity index (χ4n) is 1.58. The van der Waals surface area contributed by atoms with Gasteiger partial charge in [0.25, 0.3) is 0 Å². The number of sulfone groups is 1. The summed E-state index contributed by atoms with van der Waals surface area (Å²) in [6.07, 6.45) is 0.319. The zero-order valence-electron chi connectivity index (χ0n) is 11.8. The molecule has 0 saturated carbocycles. The van der Waals surface area contributed by atoms with E-state index in [0.717, 1.165) is 0 Å². The summed E-state index contributed by atoms with van der Waals surface area (Å²) in [7, 11) is -3.14. The van der Waals surface area contributed by atoms with Crippen molar-refractivity contribution in [3.05, 3.63) is 22.2 Å². The molecule has 0 saturated heterocycles. The number of nitrogens with one attached hydrogen (secondary N) is 1. The molecule has 0 aliphatic rings. The van der Waals surface area contributed by atoms with Crippen LogP contribution in [0.25, 0.3) is 0 Å². The molecule has 0 aromatic heterocycles. The van der Waals surface area contributed by atoms with Crippen molar-refractivity contribution in [1.82, 2.24) is 0 Å². The Kier molecular flexibility index (Phi) is 6.31. The number of carbonyl (C=O) groups is 1. The van der Waals surface area contributed by atoms with Crippen LogP contribution in [0, 0.1) is 0 Å². The highest BCUT2D eigenvalue weighted by molar-refractivity contribution is 7.91. The molecule has 0 fully saturated rings. The molecule has 8 heteroatoms. The Labute approximate surface area is 134 Å². The molecule has 0 aliphatic carbocycles. The molecule has 1 rings (SSSR count). The average Bonchev–Trinajstić information content (AvgIpc) is 2.33. The molecule has 1 aromatic carbocycles. The number of carbonyl (C=O) groups excluding carboxylic acids is 1. The number of amides is 1. The molecule has 21 heavy (non-hydrogen) atoms. The Hall–Kier alpha value is -0.980. The van der Waals surface area contributed by atoms with E-state index in [1.165, 1.54) is 12.1 Å². The average molecular weight is 353 g/mol. The maximum absolute atomic E-state index is 11.8. The van der Waals surface area contributed by atoms with Gasteiger partial charge in [-0.3, -0.25) is 4.79 Å². The van der Waals surface area contributed by atoms with Crippen molar-refractivity contribution in [3.8, 4) is 0 Å². The largest absolute Gasteiger partial charge is 0.399 e. The number of anilines is 2. The van der Waals surface area contributed by atoms with Crippen LogP contribution in [0.1, 0.15) is 26.7 Å². The van der Waals surface area contributed by atoms with E-state index < -0.39 is 15.1 Å². The van der Waals surface area contributed by atoms with Gasteiger partial charge in [0.2, 0.25) is 5.91 Å². The molecule has 1 amide bonds. The first-order chi connectivity index (χ1) is 9.63. The molecular weight excluding hydrogens is 335 g/mol. The number of hydrogen-bond acceptors (Lipinski definition) is 4. The van der Waals surface area contributed by atoms with Gasteiger partial charge in [0.05, 0.1) is 26.7 Å². The highest BCUT2D eigenvalue weighted by Crippen LogP contribution is 2.32. The molecule has 1 aromatic rings. The van der Waals surface area contributed by atoms with E-state index in [-0.39, 0.29) is 40.2 Å². The van der Waals surface area contributed by atoms with Crippen LogP contribution in [0.5, 0.6) is 0 Å². The van der Waals surface area contributed by atoms with Gasteiger partial charge in [0, 0.05) is 12.1 Å². The quantitative estimate of drug-likeness (QED) is 0.769. The maximum atomic E-state index is 11.8. The molecule has 118 valence electrons. The summed E-state index contributed by atoms with van der Waals surface area (Å²) in [6.45, 7) is 3.23. The van der Waals surface area contributed by atoms with Crippen molar-refractivity contribution in [2.75, 3.05) is 16.8 Å². The van der Waals surface area contributed by atoms with Crippen molar-refractivity contribution in [2.24, 2.45) is 0 Å². The van der Waals surface area contributed by atoms with E-state index >= 15 is 0 Å². The van der Waals surface area contributed by atoms with E-state index in [0.29, 0.717) is 5.69 Å². The van der Waals surface area contributed by atoms with Gasteiger partial charge in [0.1, 0.15) is 0 Å². The number of nitrogen functional groups attached to an aromatic ring is 1. The lowest BCUT2D eigenvalue weighted by Gasteiger charge is -2.11. The van der Waals surface area contributed by atoms with Gasteiger partial charge in [0.15, 0.2) is 9.84 Å². The molecule has 0 radical (unpaired) electrons. The van der Waals surface area contributed by atoms with Crippen LogP contribution in [-0.4, -0.2) is 25.3 Å². The Morgan fingerprint density at radius 3 is 2.29 bits per heavy atom. The van der Waals surface area contributed by atoms with Crippen molar-refractivity contribution in [1.29, 1.82) is 0 Å². The lowest BCUT2D eigenvalue weighted by Crippen LogP contribution is -2.19. The first kappa shape index (κ1) is 18.1. The Bertz CT molecular complexity index is 607. The van der Waals surface area contributed by atoms with E-state index in [1.807, 2.05) is 0 Å². The van der Waals surface area contributed by atoms with Gasteiger partial charge >= 0.3 is 0 Å². The summed E-state index contributed by atoms with van der Waals surface area (Å²) in [5, 5.41) is 2.60. The molecule has 0 unspecified atom stereocenters. The normalized spacial score (nSPS) is 11.7. The minimum Gasteiger partial charge on any atom is -0.399 e. The highest BCUT2D eigenvalue weighted by atomic mass is 35.5. The van der Waals surface area contributed by atoms with Crippen LogP contribution >= 0.6 is 23.2 Å². The fraction of sp³-hybridized carbons (Fsp3) is 0.462. The Morgan fingerprint density at radius 2 is 1.81 bits per heavy atom. The van der Waals surface area contributed by atoms with Crippen LogP contribution < -0.4 is 11.1 Å². The third kappa shape index (κ3) is 5.37. The van der Waals surface area contributed by atoms with Gasteiger partial charge in [-0.15, -0.1) is 0 Å². The van der Waals surface area contributed by atoms with E-state index in [4.69, 9.17) is 28.9 Å². The second-order valence-corrected chi connectivity index (χ2v) is 8.42. The van der Waals surface area contributed by atoms with E-state index in [9.17, 15) is 13.2 Å². The van der Waals surface area contributed by atoms with Crippen LogP contribution in [0.3, 0.4) is 0 Å². The lowest BCUT2D eigenvalue weighted by molar-refractivity contribution is -0.116. The number of nitrogens with two attached hydrogens (primary N) is 1. The molecule has 3 N–H and O–H groups in total. The first-order valence-corrected chi connectivity index (χ1v) is 8.86. The van der Waals surface area contributed by atoms with E-state index in [1.54, 1.807) is 13.8 Å². The van der Waals surface area contributed by atoms with Crippen molar-refractivity contribution in [3.63, 3.8) is 0 Å². The smallest absolute Gasteiger partial charge is 0.224 e. The highest BCUT2D eigenvalue weighted by Gasteiger charge is 2.17. The first-order valence-electron chi connectivity index (χ1n) is 6.39. The zero-order chi connectivity index (χ0) is 16.2. The molecule has 0 aliphatic heterocycles. The third-order valence-electron chi connectivity index (χ3n) is 2.88. The molecule has 0 bridgehead atoms. The number of halogens is 2. The second-order valence-electron chi connectivity index (χ2n) is 4.93. The van der Waals surface area contributed by atoms with Gasteiger partial charge in [-0.25, -0.2) is 8.42 Å². The number of benzene rings is 1. The maximum Gasteiger partial charge on any atom is 0.224 e. The molecule has 0 atom stereocenters. The predicted octanol–water partition coefficient (Wildman–Crippen LogP) is 3.12. The standard InChI is InChI=1S/C13H18Cl2N2O3S/c1-8(2)21(19,20)5-3-4-12(18)17-13-10(14)6-9(16)7-11(13)15/h6-8H,3-5,16H2,1-2H3,(H,17,18). The fourth-order valence-corrected chi connectivity index (χ4v) is 3.20. The van der Waals surface area contributed by atoms with E-state index in [2.05, 4.69) is 5.32 Å². The summed E-state index contributed by atoms with van der Waals surface area (Å²) in [5.41, 5.74) is 6.24. The summed E-state index contributed by atoms with van der Waals surface area (Å²) in [5.74, 6) is -0.371. The minimum absolute atomic E-state index is 0.0265. The molecular formula is C13H18Cl2N2O3S. The van der Waals surface area contributed by atoms with Gasteiger partial charge in [-0.05, 0) is 32.4 Å². The summed E-state index contributed by atoms with van der Waals surface area (Å²) in [6, 6.07) is 2.96. The molecule has 0 spiro atoms. The SMILES string of the molecule is CC(C)S(=O)(=O)CCCC(=O)Nc1c(Cl)cc(N)cc1Cl. The van der Waals surface area contributed by atoms with Crippen molar-refractivity contribution < 1.29 is 13.2 Å². The molecule has 5 nitrogen and oxygen atoms in total. The predicted molar refractivity (Wildman–Crippen MR) is 87.7 cm³/mol. The Balaban J connectivity index is 2.60. The van der Waals surface area contributed by atoms with Crippen LogP contribution in [-0.2, 0) is 14.6 Å². The Morgan fingerprint density at radius 1 is 1.29 bits per heavy atom. The minimum atomic E-state index is -3.14. The second kappa shape index (κ2) is 7.33. The zero-order valence-corrected chi connectivity index (χ0v) is 14.1. The lowest BCUT2D eigenvalue weighted by atomic mass is 10.2.